The highest BCUT2D eigenvalue weighted by Gasteiger charge is 2.08. The van der Waals surface area contributed by atoms with E-state index >= 15 is 0 Å². The fourth-order valence-electron chi connectivity index (χ4n) is 0.833. The Balaban J connectivity index is 3.68. The van der Waals surface area contributed by atoms with E-state index in [2.05, 4.69) is 10.0 Å². The molecule has 4 N–H and O–H groups in total. The largest absolute Gasteiger partial charge is 0.356 e. The average molecular weight is 223 g/mol. The van der Waals surface area contributed by atoms with Crippen molar-refractivity contribution in [2.24, 2.45) is 5.73 Å². The van der Waals surface area contributed by atoms with Crippen molar-refractivity contribution in [3.8, 4) is 0 Å². The predicted molar refractivity (Wildman–Crippen MR) is 54.1 cm³/mol. The van der Waals surface area contributed by atoms with Crippen LogP contribution in [0.15, 0.2) is 0 Å². The van der Waals surface area contributed by atoms with E-state index in [0.29, 0.717) is 6.54 Å². The van der Waals surface area contributed by atoms with Crippen molar-refractivity contribution in [3.63, 3.8) is 0 Å². The van der Waals surface area contributed by atoms with Crippen LogP contribution >= 0.6 is 0 Å². The lowest BCUT2D eigenvalue weighted by Gasteiger charge is -2.05. The lowest BCUT2D eigenvalue weighted by Crippen LogP contribution is -2.33. The van der Waals surface area contributed by atoms with Gasteiger partial charge in [0.1, 0.15) is 0 Å². The fraction of sp³-hybridized carbons (Fsp3) is 0.857. The number of rotatable bonds is 7. The maximum absolute atomic E-state index is 11.0. The van der Waals surface area contributed by atoms with E-state index in [9.17, 15) is 13.2 Å². The average Bonchev–Trinajstić information content (AvgIpc) is 2.03. The van der Waals surface area contributed by atoms with Crippen LogP contribution in [-0.2, 0) is 14.8 Å². The number of hydrogen-bond acceptors (Lipinski definition) is 4. The first-order valence-electron chi connectivity index (χ1n) is 4.46. The SMILES string of the molecule is CCNC(=O)CCNS(=O)(=O)CCN. The first-order chi connectivity index (χ1) is 6.52. The molecule has 0 aliphatic carbocycles. The smallest absolute Gasteiger partial charge is 0.221 e. The molecule has 7 heteroatoms. The van der Waals surface area contributed by atoms with E-state index in [1.165, 1.54) is 0 Å². The summed E-state index contributed by atoms with van der Waals surface area (Å²) in [5.41, 5.74) is 5.10. The van der Waals surface area contributed by atoms with Gasteiger partial charge in [0.2, 0.25) is 15.9 Å². The molecule has 0 fully saturated rings. The Hall–Kier alpha value is -0.660. The molecule has 0 aromatic rings. The molecule has 0 unspecified atom stereocenters. The molecule has 0 aliphatic heterocycles. The maximum Gasteiger partial charge on any atom is 0.221 e. The molecule has 0 atom stereocenters. The molecule has 0 aromatic heterocycles. The number of sulfonamides is 1. The molecule has 0 rings (SSSR count). The number of amides is 1. The molecule has 0 spiro atoms. The third-order valence-corrected chi connectivity index (χ3v) is 2.85. The van der Waals surface area contributed by atoms with Crippen LogP contribution in [-0.4, -0.2) is 39.7 Å². The van der Waals surface area contributed by atoms with E-state index < -0.39 is 10.0 Å². The minimum atomic E-state index is -3.30. The Bertz CT molecular complexity index is 263. The Labute approximate surface area is 84.3 Å². The Morgan fingerprint density at radius 2 is 2.07 bits per heavy atom. The van der Waals surface area contributed by atoms with Crippen molar-refractivity contribution in [1.29, 1.82) is 0 Å². The van der Waals surface area contributed by atoms with Gasteiger partial charge in [-0.1, -0.05) is 0 Å². The van der Waals surface area contributed by atoms with Gasteiger partial charge in [0.15, 0.2) is 0 Å². The molecule has 0 bridgehead atoms. The van der Waals surface area contributed by atoms with Crippen LogP contribution in [0.5, 0.6) is 0 Å². The van der Waals surface area contributed by atoms with Crippen molar-refractivity contribution in [2.75, 3.05) is 25.4 Å². The Morgan fingerprint density at radius 3 is 2.57 bits per heavy atom. The standard InChI is InChI=1S/C7H17N3O3S/c1-2-9-7(11)3-5-10-14(12,13)6-4-8/h10H,2-6,8H2,1H3,(H,9,11). The zero-order chi connectivity index (χ0) is 11.0. The van der Waals surface area contributed by atoms with Crippen LogP contribution in [0, 0.1) is 0 Å². The van der Waals surface area contributed by atoms with Crippen LogP contribution in [0.25, 0.3) is 0 Å². The Kier molecular flexibility index (Phi) is 6.43. The van der Waals surface area contributed by atoms with Crippen molar-refractivity contribution in [2.45, 2.75) is 13.3 Å². The van der Waals surface area contributed by atoms with Gasteiger partial charge < -0.3 is 11.1 Å². The van der Waals surface area contributed by atoms with Gasteiger partial charge in [-0.05, 0) is 6.92 Å². The van der Waals surface area contributed by atoms with Gasteiger partial charge in [0, 0.05) is 26.1 Å². The first-order valence-corrected chi connectivity index (χ1v) is 6.11. The number of nitrogens with two attached hydrogens (primary N) is 1. The molecule has 6 nitrogen and oxygen atoms in total. The molecule has 0 saturated carbocycles. The van der Waals surface area contributed by atoms with Crippen LogP contribution in [0.2, 0.25) is 0 Å². The Morgan fingerprint density at radius 1 is 1.43 bits per heavy atom. The second-order valence-corrected chi connectivity index (χ2v) is 4.63. The van der Waals surface area contributed by atoms with Crippen molar-refractivity contribution in [1.82, 2.24) is 10.0 Å². The summed E-state index contributed by atoms with van der Waals surface area (Å²) in [5, 5.41) is 2.57. The minimum Gasteiger partial charge on any atom is -0.356 e. The van der Waals surface area contributed by atoms with Crippen LogP contribution < -0.4 is 15.8 Å². The lowest BCUT2D eigenvalue weighted by molar-refractivity contribution is -0.120. The molecular weight excluding hydrogens is 206 g/mol. The topological polar surface area (TPSA) is 101 Å². The number of carbonyl (C=O) groups is 1. The molecule has 14 heavy (non-hydrogen) atoms. The van der Waals surface area contributed by atoms with Gasteiger partial charge in [-0.2, -0.15) is 0 Å². The summed E-state index contributed by atoms with van der Waals surface area (Å²) in [7, 11) is -3.30. The van der Waals surface area contributed by atoms with Gasteiger partial charge in [0.05, 0.1) is 5.75 Å². The molecule has 0 saturated heterocycles. The highest BCUT2D eigenvalue weighted by Crippen LogP contribution is 1.84. The van der Waals surface area contributed by atoms with Gasteiger partial charge in [-0.3, -0.25) is 4.79 Å². The molecule has 0 heterocycles. The summed E-state index contributed by atoms with van der Waals surface area (Å²) in [4.78, 5) is 10.9. The zero-order valence-electron chi connectivity index (χ0n) is 8.25. The van der Waals surface area contributed by atoms with E-state index in [4.69, 9.17) is 5.73 Å². The monoisotopic (exact) mass is 223 g/mol. The fourth-order valence-corrected chi connectivity index (χ4v) is 1.70. The summed E-state index contributed by atoms with van der Waals surface area (Å²) in [6.45, 7) is 2.55. The molecule has 0 aliphatic rings. The zero-order valence-corrected chi connectivity index (χ0v) is 9.06. The second kappa shape index (κ2) is 6.74. The second-order valence-electron chi connectivity index (χ2n) is 2.71. The number of carbonyl (C=O) groups excluding carboxylic acids is 1. The first kappa shape index (κ1) is 13.3. The van der Waals surface area contributed by atoms with Crippen molar-refractivity contribution < 1.29 is 13.2 Å². The highest BCUT2D eigenvalue weighted by molar-refractivity contribution is 7.89. The molecular formula is C7H17N3O3S. The molecule has 1 amide bonds. The van der Waals surface area contributed by atoms with Gasteiger partial charge >= 0.3 is 0 Å². The van der Waals surface area contributed by atoms with E-state index in [-0.39, 0.29) is 31.2 Å². The quantitative estimate of drug-likeness (QED) is 0.483. The summed E-state index contributed by atoms with van der Waals surface area (Å²) in [6.07, 6.45) is 0.150. The molecule has 0 aromatic carbocycles. The lowest BCUT2D eigenvalue weighted by atomic mass is 10.4. The summed E-state index contributed by atoms with van der Waals surface area (Å²) >= 11 is 0. The van der Waals surface area contributed by atoms with E-state index in [0.717, 1.165) is 0 Å². The predicted octanol–water partition coefficient (Wildman–Crippen LogP) is -1.61. The van der Waals surface area contributed by atoms with Crippen molar-refractivity contribution >= 4 is 15.9 Å². The summed E-state index contributed by atoms with van der Waals surface area (Å²) in [5.74, 6) is -0.273. The van der Waals surface area contributed by atoms with E-state index in [1.807, 2.05) is 0 Å². The van der Waals surface area contributed by atoms with Crippen LogP contribution in [0.1, 0.15) is 13.3 Å². The number of nitrogens with one attached hydrogen (secondary N) is 2. The maximum atomic E-state index is 11.0. The highest BCUT2D eigenvalue weighted by atomic mass is 32.2. The number of hydrogen-bond donors (Lipinski definition) is 3. The molecule has 84 valence electrons. The van der Waals surface area contributed by atoms with E-state index in [1.54, 1.807) is 6.92 Å². The van der Waals surface area contributed by atoms with Crippen molar-refractivity contribution in [3.05, 3.63) is 0 Å². The van der Waals surface area contributed by atoms with Crippen LogP contribution in [0.3, 0.4) is 0 Å². The van der Waals surface area contributed by atoms with Gasteiger partial charge in [0.25, 0.3) is 0 Å². The molecule has 0 radical (unpaired) electrons. The normalized spacial score (nSPS) is 11.3. The van der Waals surface area contributed by atoms with Crippen LogP contribution in [0.4, 0.5) is 0 Å². The summed E-state index contributed by atoms with van der Waals surface area (Å²) in [6, 6.07) is 0. The van der Waals surface area contributed by atoms with Gasteiger partial charge in [-0.25, -0.2) is 13.1 Å². The van der Waals surface area contributed by atoms with Gasteiger partial charge in [-0.15, -0.1) is 0 Å². The summed E-state index contributed by atoms with van der Waals surface area (Å²) < 4.78 is 24.4. The third kappa shape index (κ3) is 6.81. The minimum absolute atomic E-state index is 0.0799. The third-order valence-electron chi connectivity index (χ3n) is 1.43.